The van der Waals surface area contributed by atoms with Crippen molar-refractivity contribution in [1.29, 1.82) is 0 Å². The van der Waals surface area contributed by atoms with Crippen molar-refractivity contribution < 1.29 is 19.1 Å². The van der Waals surface area contributed by atoms with Crippen molar-refractivity contribution in [2.24, 2.45) is 5.41 Å². The number of esters is 2. The highest BCUT2D eigenvalue weighted by atomic mass is 16.5. The van der Waals surface area contributed by atoms with Crippen LogP contribution >= 0.6 is 0 Å². The molecule has 0 radical (unpaired) electrons. The Labute approximate surface area is 124 Å². The van der Waals surface area contributed by atoms with Crippen LogP contribution in [0.25, 0.3) is 0 Å². The van der Waals surface area contributed by atoms with Gasteiger partial charge in [-0.1, -0.05) is 6.92 Å². The van der Waals surface area contributed by atoms with Crippen LogP contribution in [0.5, 0.6) is 0 Å². The lowest BCUT2D eigenvalue weighted by molar-refractivity contribution is -0.137. The van der Waals surface area contributed by atoms with Gasteiger partial charge in [-0.3, -0.25) is 4.79 Å². The first-order valence-corrected chi connectivity index (χ1v) is 7.39. The molecular formula is C17H20O4. The molecule has 0 amide bonds. The molecule has 2 aliphatic carbocycles. The van der Waals surface area contributed by atoms with Crippen LogP contribution in [-0.4, -0.2) is 11.9 Å². The molecule has 0 bridgehead atoms. The molecule has 0 saturated carbocycles. The second kappa shape index (κ2) is 4.58. The third-order valence-electron chi connectivity index (χ3n) is 4.95. The Kier molecular flexibility index (Phi) is 3.08. The Morgan fingerprint density at radius 3 is 2.52 bits per heavy atom. The largest absolute Gasteiger partial charge is 0.431 e. The highest BCUT2D eigenvalue weighted by Crippen LogP contribution is 2.55. The van der Waals surface area contributed by atoms with Crippen LogP contribution in [-0.2, 0) is 19.1 Å². The fraction of sp³-hybridized carbons (Fsp3) is 0.529. The summed E-state index contributed by atoms with van der Waals surface area (Å²) in [6.45, 7) is 7.41. The highest BCUT2D eigenvalue weighted by molar-refractivity contribution is 5.94. The third-order valence-corrected chi connectivity index (χ3v) is 4.95. The van der Waals surface area contributed by atoms with E-state index in [-0.39, 0.29) is 17.4 Å². The fourth-order valence-corrected chi connectivity index (χ4v) is 3.72. The van der Waals surface area contributed by atoms with Crippen LogP contribution in [0.3, 0.4) is 0 Å². The maximum Gasteiger partial charge on any atom is 0.339 e. The zero-order chi connectivity index (χ0) is 15.4. The van der Waals surface area contributed by atoms with Gasteiger partial charge in [0.1, 0.15) is 11.5 Å². The molecule has 4 heteroatoms. The van der Waals surface area contributed by atoms with Gasteiger partial charge >= 0.3 is 11.9 Å². The zero-order valence-corrected chi connectivity index (χ0v) is 13.0. The standard InChI is InChI=1S/C17H20O4/c1-9-12-5-7-17(4)8-6-13(20-11(3)18)10(2)14(17)15(12)21-16(9)19/h5-8H2,1-4H3/t17-/m1/s1. The number of allylic oxidation sites excluding steroid dienone is 4. The molecule has 0 aromatic carbocycles. The molecule has 1 atom stereocenters. The van der Waals surface area contributed by atoms with Gasteiger partial charge in [-0.2, -0.15) is 0 Å². The van der Waals surface area contributed by atoms with E-state index in [1.807, 2.05) is 13.8 Å². The van der Waals surface area contributed by atoms with E-state index >= 15 is 0 Å². The molecule has 1 heterocycles. The molecule has 0 unspecified atom stereocenters. The monoisotopic (exact) mass is 288 g/mol. The van der Waals surface area contributed by atoms with Gasteiger partial charge in [-0.15, -0.1) is 0 Å². The minimum Gasteiger partial charge on any atom is -0.431 e. The van der Waals surface area contributed by atoms with Crippen molar-refractivity contribution in [1.82, 2.24) is 0 Å². The second-order valence-electron chi connectivity index (χ2n) is 6.40. The average molecular weight is 288 g/mol. The lowest BCUT2D eigenvalue weighted by atomic mass is 9.64. The Morgan fingerprint density at radius 1 is 1.19 bits per heavy atom. The van der Waals surface area contributed by atoms with E-state index in [1.54, 1.807) is 0 Å². The Balaban J connectivity index is 2.18. The summed E-state index contributed by atoms with van der Waals surface area (Å²) in [5.41, 5.74) is 3.74. The molecule has 0 aromatic rings. The van der Waals surface area contributed by atoms with Crippen LogP contribution in [0, 0.1) is 5.41 Å². The molecule has 0 spiro atoms. The summed E-state index contributed by atoms with van der Waals surface area (Å²) >= 11 is 0. The summed E-state index contributed by atoms with van der Waals surface area (Å²) in [4.78, 5) is 23.1. The van der Waals surface area contributed by atoms with E-state index < -0.39 is 0 Å². The summed E-state index contributed by atoms with van der Waals surface area (Å²) in [5, 5.41) is 0. The third kappa shape index (κ3) is 2.04. The van der Waals surface area contributed by atoms with Gasteiger partial charge in [0.25, 0.3) is 0 Å². The van der Waals surface area contributed by atoms with Gasteiger partial charge < -0.3 is 9.47 Å². The number of hydrogen-bond acceptors (Lipinski definition) is 4. The van der Waals surface area contributed by atoms with E-state index in [0.29, 0.717) is 17.1 Å². The number of carbonyl (C=O) groups excluding carboxylic acids is 2. The molecule has 3 aliphatic rings. The minimum absolute atomic E-state index is 0.00251. The van der Waals surface area contributed by atoms with Crippen LogP contribution < -0.4 is 0 Å². The first-order chi connectivity index (χ1) is 9.83. The molecule has 1 aliphatic heterocycles. The van der Waals surface area contributed by atoms with Crippen LogP contribution in [0.2, 0.25) is 0 Å². The normalized spacial score (nSPS) is 28.5. The molecule has 0 N–H and O–H groups in total. The number of carbonyl (C=O) groups is 2. The summed E-state index contributed by atoms with van der Waals surface area (Å²) in [6.07, 6.45) is 3.54. The van der Waals surface area contributed by atoms with E-state index in [9.17, 15) is 9.59 Å². The summed E-state index contributed by atoms with van der Waals surface area (Å²) in [5.74, 6) is 0.881. The van der Waals surface area contributed by atoms with Gasteiger partial charge in [0.2, 0.25) is 0 Å². The van der Waals surface area contributed by atoms with Gasteiger partial charge in [-0.05, 0) is 44.1 Å². The van der Waals surface area contributed by atoms with E-state index in [4.69, 9.17) is 9.47 Å². The SMILES string of the molecule is CC(=O)OC1=C(C)C2=C3OC(=O)C(C)=C3CC[C@]2(C)CC1. The fourth-order valence-electron chi connectivity index (χ4n) is 3.72. The summed E-state index contributed by atoms with van der Waals surface area (Å²) in [7, 11) is 0. The van der Waals surface area contributed by atoms with Gasteiger partial charge in [-0.25, -0.2) is 4.79 Å². The van der Waals surface area contributed by atoms with Crippen molar-refractivity contribution in [2.45, 2.75) is 53.4 Å². The molecule has 3 rings (SSSR count). The van der Waals surface area contributed by atoms with E-state index in [2.05, 4.69) is 6.92 Å². The maximum atomic E-state index is 11.9. The first-order valence-electron chi connectivity index (χ1n) is 7.39. The zero-order valence-electron chi connectivity index (χ0n) is 13.0. The number of ether oxygens (including phenoxy) is 2. The molecule has 0 fully saturated rings. The summed E-state index contributed by atoms with van der Waals surface area (Å²) in [6, 6.07) is 0. The van der Waals surface area contributed by atoms with Crippen molar-refractivity contribution in [3.8, 4) is 0 Å². The number of fused-ring (bicyclic) bond motifs is 2. The van der Waals surface area contributed by atoms with Crippen molar-refractivity contribution in [3.63, 3.8) is 0 Å². The second-order valence-corrected chi connectivity index (χ2v) is 6.40. The van der Waals surface area contributed by atoms with Gasteiger partial charge in [0.15, 0.2) is 0 Å². The van der Waals surface area contributed by atoms with Crippen LogP contribution in [0.15, 0.2) is 33.8 Å². The molecule has 0 aromatic heterocycles. The lowest BCUT2D eigenvalue weighted by Crippen LogP contribution is -2.30. The van der Waals surface area contributed by atoms with Gasteiger partial charge in [0.05, 0.1) is 0 Å². The maximum absolute atomic E-state index is 11.9. The predicted molar refractivity (Wildman–Crippen MR) is 76.9 cm³/mol. The Hall–Kier alpha value is -1.84. The van der Waals surface area contributed by atoms with Crippen molar-refractivity contribution in [3.05, 3.63) is 33.8 Å². The number of rotatable bonds is 1. The molecular weight excluding hydrogens is 268 g/mol. The highest BCUT2D eigenvalue weighted by Gasteiger charge is 2.45. The Bertz CT molecular complexity index is 648. The minimum atomic E-state index is -0.301. The Morgan fingerprint density at radius 2 is 1.86 bits per heavy atom. The molecule has 4 nitrogen and oxygen atoms in total. The molecule has 21 heavy (non-hydrogen) atoms. The number of hydrogen-bond donors (Lipinski definition) is 0. The summed E-state index contributed by atoms with van der Waals surface area (Å²) < 4.78 is 10.9. The quantitative estimate of drug-likeness (QED) is 0.692. The van der Waals surface area contributed by atoms with Crippen molar-refractivity contribution >= 4 is 11.9 Å². The lowest BCUT2D eigenvalue weighted by Gasteiger charge is -2.41. The predicted octanol–water partition coefficient (Wildman–Crippen LogP) is 3.54. The topological polar surface area (TPSA) is 52.6 Å². The molecule has 0 saturated heterocycles. The average Bonchev–Trinajstić information content (AvgIpc) is 2.68. The van der Waals surface area contributed by atoms with Gasteiger partial charge in [0, 0.05) is 30.1 Å². The van der Waals surface area contributed by atoms with Crippen LogP contribution in [0.4, 0.5) is 0 Å². The van der Waals surface area contributed by atoms with E-state index in [1.165, 1.54) is 6.92 Å². The van der Waals surface area contributed by atoms with Crippen LogP contribution in [0.1, 0.15) is 53.4 Å². The van der Waals surface area contributed by atoms with Crippen molar-refractivity contribution in [2.75, 3.05) is 0 Å². The smallest absolute Gasteiger partial charge is 0.339 e. The molecule has 112 valence electrons. The first kappa shape index (κ1) is 14.1. The van der Waals surface area contributed by atoms with E-state index in [0.717, 1.165) is 42.4 Å².